The second kappa shape index (κ2) is 8.71. The fraction of sp³-hybridized carbons (Fsp3) is 0.333. The molecule has 0 N–H and O–H groups in total. The average Bonchev–Trinajstić information content (AvgIpc) is 2.77. The van der Waals surface area contributed by atoms with E-state index in [1.54, 1.807) is 18.0 Å². The topological polar surface area (TPSA) is 39.7 Å². The first-order valence-electron chi connectivity index (χ1n) is 11.8. The van der Waals surface area contributed by atoms with Crippen molar-refractivity contribution >= 4 is 35.1 Å². The molecule has 0 bridgehead atoms. The lowest BCUT2D eigenvalue weighted by Crippen LogP contribution is -2.74. The molecule has 2 aromatic carbocycles. The normalized spacial score (nSPS) is 18.8. The molecule has 35 heavy (non-hydrogen) atoms. The van der Waals surface area contributed by atoms with E-state index in [0.29, 0.717) is 5.92 Å². The number of hydrogen-bond acceptors (Lipinski definition) is 4. The first-order valence-corrected chi connectivity index (χ1v) is 13.4. The molecule has 6 rings (SSSR count). The summed E-state index contributed by atoms with van der Waals surface area (Å²) >= 11 is 7.85. The van der Waals surface area contributed by atoms with E-state index in [9.17, 15) is 9.18 Å². The van der Waals surface area contributed by atoms with Crippen molar-refractivity contribution in [2.24, 2.45) is 5.41 Å². The number of carbonyl (C=O) groups excluding carboxylic acids is 1. The molecule has 3 saturated heterocycles. The molecule has 180 valence electrons. The van der Waals surface area contributed by atoms with Crippen LogP contribution in [0.15, 0.2) is 65.8 Å². The molecule has 0 unspecified atom stereocenters. The zero-order chi connectivity index (χ0) is 24.2. The highest BCUT2D eigenvalue weighted by molar-refractivity contribution is 7.98. The standard InChI is InChI=1S/C27H26ClFN4OS/c1-35-25-8-21(28)6-7-24(25)19-4-2-18(3-5-19)20-12-31(13-20)26(34)33-16-27(17-33)14-32(15-27)23-9-22(29)10-30-11-23/h2-11,20H,12-17H2,1H3. The van der Waals surface area contributed by atoms with Gasteiger partial charge in [-0.1, -0.05) is 41.9 Å². The largest absolute Gasteiger partial charge is 0.369 e. The number of amides is 2. The average molecular weight is 509 g/mol. The van der Waals surface area contributed by atoms with Crippen molar-refractivity contribution in [1.82, 2.24) is 14.8 Å². The van der Waals surface area contributed by atoms with Crippen LogP contribution in [0.2, 0.25) is 5.02 Å². The SMILES string of the molecule is CSc1cc(Cl)ccc1-c1ccc(C2CN(C(=O)N3CC4(C3)CN(c3cncc(F)c3)C4)C2)cc1. The number of likely N-dealkylation sites (tertiary alicyclic amines) is 2. The third kappa shape index (κ3) is 4.15. The summed E-state index contributed by atoms with van der Waals surface area (Å²) in [5.41, 5.74) is 4.61. The monoisotopic (exact) mass is 508 g/mol. The number of pyridine rings is 1. The fourth-order valence-electron chi connectivity index (χ4n) is 5.50. The molecule has 0 radical (unpaired) electrons. The van der Waals surface area contributed by atoms with Crippen LogP contribution >= 0.6 is 23.4 Å². The van der Waals surface area contributed by atoms with Crippen LogP contribution in [0, 0.1) is 11.2 Å². The Morgan fingerprint density at radius 1 is 1.03 bits per heavy atom. The van der Waals surface area contributed by atoms with Gasteiger partial charge in [0.05, 0.1) is 18.1 Å². The van der Waals surface area contributed by atoms with Crippen LogP contribution in [0.1, 0.15) is 11.5 Å². The van der Waals surface area contributed by atoms with Gasteiger partial charge in [0.1, 0.15) is 5.82 Å². The van der Waals surface area contributed by atoms with E-state index in [2.05, 4.69) is 46.5 Å². The highest BCUT2D eigenvalue weighted by Gasteiger charge is 2.54. The molecule has 3 fully saturated rings. The van der Waals surface area contributed by atoms with E-state index in [4.69, 9.17) is 11.6 Å². The summed E-state index contributed by atoms with van der Waals surface area (Å²) in [6, 6.07) is 16.4. The van der Waals surface area contributed by atoms with Crippen LogP contribution < -0.4 is 4.90 Å². The molecule has 5 nitrogen and oxygen atoms in total. The highest BCUT2D eigenvalue weighted by Crippen LogP contribution is 2.43. The maximum Gasteiger partial charge on any atom is 0.320 e. The molecular formula is C27H26ClFN4OS. The second-order valence-electron chi connectivity index (χ2n) is 9.92. The van der Waals surface area contributed by atoms with E-state index in [1.807, 2.05) is 21.9 Å². The lowest BCUT2D eigenvalue weighted by molar-refractivity contribution is -0.0117. The molecule has 0 atom stereocenters. The zero-order valence-corrected chi connectivity index (χ0v) is 21.0. The summed E-state index contributed by atoms with van der Waals surface area (Å²) in [7, 11) is 0. The van der Waals surface area contributed by atoms with Crippen LogP contribution in [0.3, 0.4) is 0 Å². The number of anilines is 1. The van der Waals surface area contributed by atoms with Crippen LogP contribution in [-0.2, 0) is 0 Å². The molecule has 2 amide bonds. The van der Waals surface area contributed by atoms with Gasteiger partial charge in [-0.2, -0.15) is 0 Å². The predicted molar refractivity (Wildman–Crippen MR) is 139 cm³/mol. The van der Waals surface area contributed by atoms with Gasteiger partial charge in [0.15, 0.2) is 0 Å². The molecule has 3 aromatic rings. The minimum atomic E-state index is -0.314. The van der Waals surface area contributed by atoms with Crippen molar-refractivity contribution in [2.45, 2.75) is 10.8 Å². The van der Waals surface area contributed by atoms with Crippen molar-refractivity contribution in [3.8, 4) is 11.1 Å². The zero-order valence-electron chi connectivity index (χ0n) is 19.5. The summed E-state index contributed by atoms with van der Waals surface area (Å²) in [6.07, 6.45) is 4.98. The van der Waals surface area contributed by atoms with Gasteiger partial charge in [-0.05, 0) is 35.1 Å². The first-order chi connectivity index (χ1) is 16.9. The molecule has 1 spiro atoms. The molecule has 4 heterocycles. The molecule has 0 aliphatic carbocycles. The van der Waals surface area contributed by atoms with Gasteiger partial charge in [0, 0.05) is 66.6 Å². The number of aromatic nitrogens is 1. The second-order valence-corrected chi connectivity index (χ2v) is 11.2. The van der Waals surface area contributed by atoms with Crippen molar-refractivity contribution in [3.63, 3.8) is 0 Å². The summed E-state index contributed by atoms with van der Waals surface area (Å²) in [4.78, 5) is 24.0. The van der Waals surface area contributed by atoms with Crippen molar-refractivity contribution in [2.75, 3.05) is 50.4 Å². The Bertz CT molecular complexity index is 1270. The third-order valence-electron chi connectivity index (χ3n) is 7.44. The number of hydrogen-bond donors (Lipinski definition) is 0. The summed E-state index contributed by atoms with van der Waals surface area (Å²) in [5, 5.41) is 0.751. The summed E-state index contributed by atoms with van der Waals surface area (Å²) in [5.74, 6) is 0.0682. The maximum absolute atomic E-state index is 13.4. The minimum absolute atomic E-state index is 0.139. The highest BCUT2D eigenvalue weighted by atomic mass is 35.5. The maximum atomic E-state index is 13.4. The van der Waals surface area contributed by atoms with Crippen molar-refractivity contribution < 1.29 is 9.18 Å². The van der Waals surface area contributed by atoms with Crippen molar-refractivity contribution in [3.05, 3.63) is 77.3 Å². The number of halogens is 2. The van der Waals surface area contributed by atoms with E-state index in [-0.39, 0.29) is 17.3 Å². The number of nitrogens with zero attached hydrogens (tertiary/aromatic N) is 4. The number of benzene rings is 2. The Balaban J connectivity index is 1.00. The minimum Gasteiger partial charge on any atom is -0.369 e. The van der Waals surface area contributed by atoms with Gasteiger partial charge >= 0.3 is 6.03 Å². The smallest absolute Gasteiger partial charge is 0.320 e. The Morgan fingerprint density at radius 3 is 2.46 bits per heavy atom. The van der Waals surface area contributed by atoms with Gasteiger partial charge in [-0.3, -0.25) is 4.98 Å². The Hall–Kier alpha value is -2.77. The third-order valence-corrected chi connectivity index (χ3v) is 8.45. The number of rotatable bonds is 4. The number of thioether (sulfide) groups is 1. The van der Waals surface area contributed by atoms with Crippen LogP contribution in [0.5, 0.6) is 0 Å². The summed E-state index contributed by atoms with van der Waals surface area (Å²) < 4.78 is 13.4. The first kappa shape index (κ1) is 22.7. The van der Waals surface area contributed by atoms with Gasteiger partial charge in [0.25, 0.3) is 0 Å². The van der Waals surface area contributed by atoms with Gasteiger partial charge in [-0.15, -0.1) is 11.8 Å². The predicted octanol–water partition coefficient (Wildman–Crippen LogP) is 5.60. The number of carbonyl (C=O) groups is 1. The van der Waals surface area contributed by atoms with Gasteiger partial charge in [0.2, 0.25) is 0 Å². The van der Waals surface area contributed by atoms with Crippen LogP contribution in [-0.4, -0.2) is 66.3 Å². The van der Waals surface area contributed by atoms with E-state index in [0.717, 1.165) is 50.0 Å². The number of urea groups is 1. The van der Waals surface area contributed by atoms with E-state index < -0.39 is 0 Å². The van der Waals surface area contributed by atoms with Gasteiger partial charge < -0.3 is 14.7 Å². The molecular weight excluding hydrogens is 483 g/mol. The fourth-order valence-corrected chi connectivity index (χ4v) is 6.39. The Morgan fingerprint density at radius 2 is 1.77 bits per heavy atom. The Kier molecular flexibility index (Phi) is 5.65. The molecule has 8 heteroatoms. The molecule has 0 saturated carbocycles. The molecule has 3 aliphatic heterocycles. The Labute approximate surface area is 213 Å². The van der Waals surface area contributed by atoms with Crippen molar-refractivity contribution in [1.29, 1.82) is 0 Å². The van der Waals surface area contributed by atoms with Crippen LogP contribution in [0.4, 0.5) is 14.9 Å². The lowest BCUT2D eigenvalue weighted by atomic mass is 9.72. The van der Waals surface area contributed by atoms with E-state index in [1.165, 1.54) is 33.8 Å². The van der Waals surface area contributed by atoms with E-state index >= 15 is 0 Å². The molecule has 1 aromatic heterocycles. The van der Waals surface area contributed by atoms with Crippen LogP contribution in [0.25, 0.3) is 11.1 Å². The molecule has 3 aliphatic rings. The summed E-state index contributed by atoms with van der Waals surface area (Å²) in [6.45, 7) is 4.78. The lowest BCUT2D eigenvalue weighted by Gasteiger charge is -2.61. The van der Waals surface area contributed by atoms with Gasteiger partial charge in [-0.25, -0.2) is 9.18 Å². The quantitative estimate of drug-likeness (QED) is 0.430.